The molecule has 5 aliphatic rings. The first-order valence-electron chi connectivity index (χ1n) is 19.9. The van der Waals surface area contributed by atoms with E-state index in [1.807, 2.05) is 5.57 Å². The molecule has 2 fully saturated rings. The minimum Gasteiger partial charge on any atom is -0.313 e. The molecule has 0 aromatic heterocycles. The third-order valence-corrected chi connectivity index (χ3v) is 12.2. The predicted octanol–water partition coefficient (Wildman–Crippen LogP) is 11.2. The Labute approximate surface area is 267 Å². The van der Waals surface area contributed by atoms with Gasteiger partial charge in [0.05, 0.1) is 0 Å². The zero-order valence-corrected chi connectivity index (χ0v) is 28.2. The Balaban J connectivity index is 1.56. The van der Waals surface area contributed by atoms with E-state index >= 15 is 0 Å². The molecule has 2 saturated carbocycles. The van der Waals surface area contributed by atoms with Crippen LogP contribution in [0.25, 0.3) is 0 Å². The standard InChI is InChI=1S/C41H70N2/c1-2-5-11-19-27-34(26-18-10-4-1)38-36-30-22-14-8-17-25-33-43-41(36)39(35-28-20-12-6-3-7-13-21-29-35)37-31-23-15-9-16-24-32-42-40(37)38/h20,22,28,30-31,34-36,38-43H,1-19,21,23-27,29,32-33H2/b28-20-,30-22-,37-31-. The van der Waals surface area contributed by atoms with Crippen LogP contribution in [0.5, 0.6) is 0 Å². The molecule has 0 bridgehead atoms. The van der Waals surface area contributed by atoms with Gasteiger partial charge in [0.1, 0.15) is 0 Å². The molecule has 0 amide bonds. The molecule has 5 rings (SSSR count). The summed E-state index contributed by atoms with van der Waals surface area (Å²) < 4.78 is 0. The van der Waals surface area contributed by atoms with Crippen LogP contribution in [0.15, 0.2) is 36.0 Å². The van der Waals surface area contributed by atoms with Gasteiger partial charge in [-0.05, 0) is 94.5 Å². The maximum Gasteiger partial charge on any atom is 0.0320 e. The van der Waals surface area contributed by atoms with Crippen molar-refractivity contribution in [3.63, 3.8) is 0 Å². The van der Waals surface area contributed by atoms with Crippen molar-refractivity contribution >= 4 is 0 Å². The zero-order valence-electron chi connectivity index (χ0n) is 28.2. The first kappa shape index (κ1) is 33.5. The lowest BCUT2D eigenvalue weighted by molar-refractivity contribution is 0.0825. The number of rotatable bonds is 2. The van der Waals surface area contributed by atoms with E-state index in [9.17, 15) is 0 Å². The lowest BCUT2D eigenvalue weighted by atomic mass is 9.56. The highest BCUT2D eigenvalue weighted by molar-refractivity contribution is 5.29. The highest BCUT2D eigenvalue weighted by Crippen LogP contribution is 2.49. The number of hydrogen-bond donors (Lipinski definition) is 2. The Morgan fingerprint density at radius 1 is 0.488 bits per heavy atom. The van der Waals surface area contributed by atoms with E-state index in [2.05, 4.69) is 41.0 Å². The number of hydrogen-bond acceptors (Lipinski definition) is 2. The summed E-state index contributed by atoms with van der Waals surface area (Å²) >= 11 is 0. The lowest BCUT2D eigenvalue weighted by Gasteiger charge is -2.54. The maximum absolute atomic E-state index is 4.38. The van der Waals surface area contributed by atoms with E-state index in [-0.39, 0.29) is 0 Å². The predicted molar refractivity (Wildman–Crippen MR) is 187 cm³/mol. The van der Waals surface area contributed by atoms with Crippen LogP contribution in [0.4, 0.5) is 0 Å². The summed E-state index contributed by atoms with van der Waals surface area (Å²) in [5.74, 6) is 3.56. The first-order chi connectivity index (χ1) is 21.4. The molecule has 2 N–H and O–H groups in total. The normalized spacial score (nSPS) is 38.5. The summed E-state index contributed by atoms with van der Waals surface area (Å²) in [5.41, 5.74) is 1.85. The first-order valence-corrected chi connectivity index (χ1v) is 19.9. The third kappa shape index (κ3) is 10.3. The topological polar surface area (TPSA) is 24.1 Å². The van der Waals surface area contributed by atoms with E-state index in [1.165, 1.54) is 180 Å². The molecular formula is C41H70N2. The lowest BCUT2D eigenvalue weighted by Crippen LogP contribution is -2.60. The second-order valence-corrected chi connectivity index (χ2v) is 15.4. The van der Waals surface area contributed by atoms with E-state index in [1.54, 1.807) is 0 Å². The van der Waals surface area contributed by atoms with Crippen LogP contribution in [0.3, 0.4) is 0 Å². The fourth-order valence-electron chi connectivity index (χ4n) is 9.94. The molecule has 2 heterocycles. The third-order valence-electron chi connectivity index (χ3n) is 12.2. The Morgan fingerprint density at radius 3 is 1.74 bits per heavy atom. The van der Waals surface area contributed by atoms with E-state index in [0.29, 0.717) is 29.8 Å². The monoisotopic (exact) mass is 591 g/mol. The molecule has 0 aromatic carbocycles. The van der Waals surface area contributed by atoms with Gasteiger partial charge in [-0.3, -0.25) is 0 Å². The zero-order chi connectivity index (χ0) is 29.4. The molecule has 0 radical (unpaired) electrons. The highest BCUT2D eigenvalue weighted by atomic mass is 15.0. The molecule has 2 aliphatic heterocycles. The SMILES string of the molecule is C1=C\C(C2/C3=C/CCCCCCNC3C(C3CCCCCCCCCC3)C3/C=C\CCCCCNC32)CCCCCCC/1. The largest absolute Gasteiger partial charge is 0.313 e. The van der Waals surface area contributed by atoms with Gasteiger partial charge in [0, 0.05) is 18.0 Å². The van der Waals surface area contributed by atoms with Crippen LogP contribution in [0.2, 0.25) is 0 Å². The van der Waals surface area contributed by atoms with Gasteiger partial charge >= 0.3 is 0 Å². The molecule has 0 aromatic rings. The summed E-state index contributed by atoms with van der Waals surface area (Å²) in [6.07, 6.45) is 50.3. The van der Waals surface area contributed by atoms with Gasteiger partial charge in [-0.15, -0.1) is 0 Å². The summed E-state index contributed by atoms with van der Waals surface area (Å²) in [6.45, 7) is 2.43. The fourth-order valence-corrected chi connectivity index (χ4v) is 9.94. The van der Waals surface area contributed by atoms with Crippen molar-refractivity contribution in [3.05, 3.63) is 36.0 Å². The smallest absolute Gasteiger partial charge is 0.0320 e. The van der Waals surface area contributed by atoms with Gasteiger partial charge < -0.3 is 10.6 Å². The van der Waals surface area contributed by atoms with Crippen LogP contribution in [0.1, 0.15) is 167 Å². The molecule has 2 heteroatoms. The highest BCUT2D eigenvalue weighted by Gasteiger charge is 2.50. The molecule has 2 nitrogen and oxygen atoms in total. The van der Waals surface area contributed by atoms with Crippen molar-refractivity contribution in [3.8, 4) is 0 Å². The summed E-state index contributed by atoms with van der Waals surface area (Å²) in [4.78, 5) is 0. The van der Waals surface area contributed by atoms with Crippen molar-refractivity contribution in [1.29, 1.82) is 0 Å². The summed E-state index contributed by atoms with van der Waals surface area (Å²) in [7, 11) is 0. The molecule has 6 unspecified atom stereocenters. The van der Waals surface area contributed by atoms with Crippen LogP contribution in [-0.4, -0.2) is 25.2 Å². The second kappa shape index (κ2) is 19.6. The van der Waals surface area contributed by atoms with Crippen LogP contribution < -0.4 is 10.6 Å². The van der Waals surface area contributed by atoms with Crippen LogP contribution in [0, 0.1) is 29.6 Å². The summed E-state index contributed by atoms with van der Waals surface area (Å²) in [6, 6.07) is 1.15. The number of nitrogens with one attached hydrogen (secondary N) is 2. The second-order valence-electron chi connectivity index (χ2n) is 15.4. The Bertz CT molecular complexity index is 827. The van der Waals surface area contributed by atoms with Crippen LogP contribution in [-0.2, 0) is 0 Å². The minimum absolute atomic E-state index is 0.567. The van der Waals surface area contributed by atoms with E-state index in [4.69, 9.17) is 0 Å². The molecule has 3 aliphatic carbocycles. The minimum atomic E-state index is 0.567. The Morgan fingerprint density at radius 2 is 1.02 bits per heavy atom. The van der Waals surface area contributed by atoms with Crippen molar-refractivity contribution < 1.29 is 0 Å². The van der Waals surface area contributed by atoms with Crippen molar-refractivity contribution in [1.82, 2.24) is 10.6 Å². The average Bonchev–Trinajstić information content (AvgIpc) is 3.10. The molecular weight excluding hydrogens is 520 g/mol. The summed E-state index contributed by atoms with van der Waals surface area (Å²) in [5, 5.41) is 8.75. The van der Waals surface area contributed by atoms with E-state index in [0.717, 1.165) is 11.8 Å². The number of allylic oxidation sites excluding steroid dienone is 4. The van der Waals surface area contributed by atoms with Gasteiger partial charge in [0.2, 0.25) is 0 Å². The molecule has 0 saturated heterocycles. The average molecular weight is 591 g/mol. The fraction of sp³-hybridized carbons (Fsp3) is 0.854. The van der Waals surface area contributed by atoms with Crippen molar-refractivity contribution in [2.45, 2.75) is 179 Å². The van der Waals surface area contributed by atoms with Gasteiger partial charge in [0.25, 0.3) is 0 Å². The quantitative estimate of drug-likeness (QED) is 0.313. The van der Waals surface area contributed by atoms with Crippen molar-refractivity contribution in [2.75, 3.05) is 13.1 Å². The molecule has 6 atom stereocenters. The van der Waals surface area contributed by atoms with Gasteiger partial charge in [-0.25, -0.2) is 0 Å². The van der Waals surface area contributed by atoms with Gasteiger partial charge in [0.15, 0.2) is 0 Å². The molecule has 0 spiro atoms. The molecule has 43 heavy (non-hydrogen) atoms. The maximum atomic E-state index is 4.38. The molecule has 244 valence electrons. The van der Waals surface area contributed by atoms with Gasteiger partial charge in [-0.2, -0.15) is 0 Å². The Kier molecular flexibility index (Phi) is 15.3. The Hall–Kier alpha value is -0.860. The van der Waals surface area contributed by atoms with Gasteiger partial charge in [-0.1, -0.05) is 145 Å². The van der Waals surface area contributed by atoms with Crippen molar-refractivity contribution in [2.24, 2.45) is 29.6 Å². The van der Waals surface area contributed by atoms with E-state index < -0.39 is 0 Å². The van der Waals surface area contributed by atoms with Crippen LogP contribution >= 0.6 is 0 Å². The number of fused-ring (bicyclic) bond motifs is 2.